The molecule has 0 amide bonds. The summed E-state index contributed by atoms with van der Waals surface area (Å²) in [5, 5.41) is 1.34. The van der Waals surface area contributed by atoms with Gasteiger partial charge in [0.1, 0.15) is 6.54 Å². The van der Waals surface area contributed by atoms with E-state index in [2.05, 4.69) is 90.1 Å². The topological polar surface area (TPSA) is 8.81 Å². The zero-order chi connectivity index (χ0) is 17.5. The molecule has 0 saturated carbocycles. The van der Waals surface area contributed by atoms with Gasteiger partial charge in [0.2, 0.25) is 0 Å². The SMILES string of the molecule is CCCCn1cc(/C=C/c2cc[n+](CCCC)cc2)c2ccccc21. The fourth-order valence-electron chi connectivity index (χ4n) is 3.18. The van der Waals surface area contributed by atoms with Crippen molar-refractivity contribution in [2.24, 2.45) is 0 Å². The molecule has 130 valence electrons. The van der Waals surface area contributed by atoms with E-state index in [0.717, 1.165) is 13.1 Å². The number of unbranched alkanes of at least 4 members (excludes halogenated alkanes) is 2. The predicted molar refractivity (Wildman–Crippen MR) is 107 cm³/mol. The molecule has 0 atom stereocenters. The molecule has 1 aromatic carbocycles. The predicted octanol–water partition coefficient (Wildman–Crippen LogP) is 5.70. The summed E-state index contributed by atoms with van der Waals surface area (Å²) in [7, 11) is 0. The average molecular weight is 333 g/mol. The fraction of sp³-hybridized carbons (Fsp3) is 0.348. The minimum absolute atomic E-state index is 1.09. The number of aromatic nitrogens is 2. The van der Waals surface area contributed by atoms with Gasteiger partial charge in [0.15, 0.2) is 12.4 Å². The van der Waals surface area contributed by atoms with E-state index in [4.69, 9.17) is 0 Å². The van der Waals surface area contributed by atoms with Crippen molar-refractivity contribution in [1.29, 1.82) is 0 Å². The highest BCUT2D eigenvalue weighted by Gasteiger charge is 2.05. The molecule has 0 saturated heterocycles. The van der Waals surface area contributed by atoms with Crippen LogP contribution in [0.4, 0.5) is 0 Å². The van der Waals surface area contributed by atoms with E-state index in [0.29, 0.717) is 0 Å². The summed E-state index contributed by atoms with van der Waals surface area (Å²) in [5.74, 6) is 0. The quantitative estimate of drug-likeness (QED) is 0.468. The molecule has 25 heavy (non-hydrogen) atoms. The van der Waals surface area contributed by atoms with Gasteiger partial charge in [-0.05, 0) is 23.6 Å². The van der Waals surface area contributed by atoms with E-state index in [1.165, 1.54) is 47.7 Å². The van der Waals surface area contributed by atoms with E-state index in [1.54, 1.807) is 0 Å². The van der Waals surface area contributed by atoms with Crippen LogP contribution in [0.25, 0.3) is 23.1 Å². The van der Waals surface area contributed by atoms with Crippen LogP contribution in [0.5, 0.6) is 0 Å². The maximum absolute atomic E-state index is 2.39. The Morgan fingerprint density at radius 3 is 2.44 bits per heavy atom. The molecule has 0 aliphatic heterocycles. The molecule has 3 rings (SSSR count). The van der Waals surface area contributed by atoms with Crippen LogP contribution in [0.1, 0.15) is 50.7 Å². The molecule has 2 nitrogen and oxygen atoms in total. The fourth-order valence-corrected chi connectivity index (χ4v) is 3.18. The standard InChI is InChI=1S/C23H29N2/c1-3-5-15-24-17-13-20(14-18-24)11-12-21-19-25(16-6-4-2)23-10-8-7-9-22(21)23/h7-14,17-19H,3-6,15-16H2,1-2H3/q+1. The lowest BCUT2D eigenvalue weighted by Gasteiger charge is -2.02. The lowest BCUT2D eigenvalue weighted by molar-refractivity contribution is -0.697. The van der Waals surface area contributed by atoms with Crippen molar-refractivity contribution in [2.45, 2.75) is 52.6 Å². The molecule has 0 unspecified atom stereocenters. The number of nitrogens with zero attached hydrogens (tertiary/aromatic N) is 2. The lowest BCUT2D eigenvalue weighted by Crippen LogP contribution is -2.32. The monoisotopic (exact) mass is 333 g/mol. The number of aryl methyl sites for hydroxylation is 2. The van der Waals surface area contributed by atoms with Gasteiger partial charge in [0, 0.05) is 42.2 Å². The Morgan fingerprint density at radius 1 is 0.920 bits per heavy atom. The molecule has 0 bridgehead atoms. The molecule has 2 heterocycles. The Bertz CT molecular complexity index is 825. The average Bonchev–Trinajstić information content (AvgIpc) is 3.02. The first kappa shape index (κ1) is 17.5. The molecular weight excluding hydrogens is 304 g/mol. The van der Waals surface area contributed by atoms with Gasteiger partial charge in [0.05, 0.1) is 0 Å². The van der Waals surface area contributed by atoms with Crippen molar-refractivity contribution >= 4 is 23.1 Å². The van der Waals surface area contributed by atoms with Crippen molar-refractivity contribution in [3.05, 3.63) is 66.1 Å². The third-order valence-electron chi connectivity index (χ3n) is 4.71. The number of rotatable bonds is 8. The number of para-hydroxylation sites is 1. The molecule has 0 radical (unpaired) electrons. The summed E-state index contributed by atoms with van der Waals surface area (Å²) in [5.41, 5.74) is 3.88. The van der Waals surface area contributed by atoms with Gasteiger partial charge >= 0.3 is 0 Å². The van der Waals surface area contributed by atoms with Crippen molar-refractivity contribution in [3.63, 3.8) is 0 Å². The maximum atomic E-state index is 2.39. The number of fused-ring (bicyclic) bond motifs is 1. The van der Waals surface area contributed by atoms with Gasteiger partial charge in [-0.15, -0.1) is 0 Å². The van der Waals surface area contributed by atoms with Gasteiger partial charge in [-0.25, -0.2) is 4.57 Å². The van der Waals surface area contributed by atoms with Gasteiger partial charge < -0.3 is 4.57 Å². The van der Waals surface area contributed by atoms with Crippen LogP contribution in [0.15, 0.2) is 55.0 Å². The van der Waals surface area contributed by atoms with Crippen LogP contribution in [0.2, 0.25) is 0 Å². The third-order valence-corrected chi connectivity index (χ3v) is 4.71. The van der Waals surface area contributed by atoms with Crippen LogP contribution < -0.4 is 4.57 Å². The molecule has 0 spiro atoms. The van der Waals surface area contributed by atoms with Crippen LogP contribution in [-0.4, -0.2) is 4.57 Å². The van der Waals surface area contributed by atoms with Crippen molar-refractivity contribution in [2.75, 3.05) is 0 Å². The highest BCUT2D eigenvalue weighted by atomic mass is 15.0. The smallest absolute Gasteiger partial charge is 0.169 e. The second-order valence-corrected chi connectivity index (χ2v) is 6.70. The summed E-state index contributed by atoms with van der Waals surface area (Å²) in [6.45, 7) is 6.67. The van der Waals surface area contributed by atoms with E-state index in [1.807, 2.05) is 0 Å². The first-order valence-electron chi connectivity index (χ1n) is 9.57. The summed E-state index contributed by atoms with van der Waals surface area (Å²) < 4.78 is 4.65. The first-order valence-corrected chi connectivity index (χ1v) is 9.57. The lowest BCUT2D eigenvalue weighted by atomic mass is 10.1. The molecule has 0 fully saturated rings. The van der Waals surface area contributed by atoms with E-state index < -0.39 is 0 Å². The number of benzene rings is 1. The second kappa shape index (κ2) is 8.66. The van der Waals surface area contributed by atoms with Crippen LogP contribution in [0.3, 0.4) is 0 Å². The normalized spacial score (nSPS) is 11.6. The number of hydrogen-bond donors (Lipinski definition) is 0. The van der Waals surface area contributed by atoms with Gasteiger partial charge in [-0.1, -0.05) is 57.0 Å². The Morgan fingerprint density at radius 2 is 1.68 bits per heavy atom. The van der Waals surface area contributed by atoms with Gasteiger partial charge in [-0.3, -0.25) is 0 Å². The van der Waals surface area contributed by atoms with Gasteiger partial charge in [0.25, 0.3) is 0 Å². The van der Waals surface area contributed by atoms with Gasteiger partial charge in [-0.2, -0.15) is 0 Å². The number of hydrogen-bond acceptors (Lipinski definition) is 0. The van der Waals surface area contributed by atoms with Crippen LogP contribution in [-0.2, 0) is 13.1 Å². The van der Waals surface area contributed by atoms with Crippen molar-refractivity contribution in [3.8, 4) is 0 Å². The summed E-state index contributed by atoms with van der Waals surface area (Å²) in [4.78, 5) is 0. The van der Waals surface area contributed by atoms with Crippen LogP contribution >= 0.6 is 0 Å². The van der Waals surface area contributed by atoms with E-state index in [9.17, 15) is 0 Å². The Kier molecular flexibility index (Phi) is 6.05. The summed E-state index contributed by atoms with van der Waals surface area (Å²) in [6.07, 6.45) is 16.0. The minimum atomic E-state index is 1.09. The largest absolute Gasteiger partial charge is 0.347 e. The molecule has 3 aromatic rings. The molecular formula is C23H29N2+. The van der Waals surface area contributed by atoms with Crippen molar-refractivity contribution < 1.29 is 4.57 Å². The van der Waals surface area contributed by atoms with E-state index >= 15 is 0 Å². The highest BCUT2D eigenvalue weighted by Crippen LogP contribution is 2.23. The third kappa shape index (κ3) is 4.39. The molecule has 2 aromatic heterocycles. The molecule has 0 N–H and O–H groups in total. The minimum Gasteiger partial charge on any atom is -0.347 e. The maximum Gasteiger partial charge on any atom is 0.169 e. The first-order chi connectivity index (χ1) is 12.3. The molecule has 0 aliphatic rings. The highest BCUT2D eigenvalue weighted by molar-refractivity contribution is 5.92. The summed E-state index contributed by atoms with van der Waals surface area (Å²) >= 11 is 0. The zero-order valence-corrected chi connectivity index (χ0v) is 15.5. The van der Waals surface area contributed by atoms with Crippen LogP contribution in [0, 0.1) is 0 Å². The van der Waals surface area contributed by atoms with E-state index in [-0.39, 0.29) is 0 Å². The Labute approximate surface area is 151 Å². The zero-order valence-electron chi connectivity index (χ0n) is 15.5. The Balaban J connectivity index is 1.81. The summed E-state index contributed by atoms with van der Waals surface area (Å²) in [6, 6.07) is 13.1. The molecule has 2 heteroatoms. The molecule has 0 aliphatic carbocycles. The Hall–Kier alpha value is -2.35. The van der Waals surface area contributed by atoms with Crippen molar-refractivity contribution in [1.82, 2.24) is 4.57 Å². The number of pyridine rings is 1. The second-order valence-electron chi connectivity index (χ2n) is 6.70.